The number of nitrogens with one attached hydrogen (secondary N) is 1. The average molecular weight is 439 g/mol. The summed E-state index contributed by atoms with van der Waals surface area (Å²) in [6, 6.07) is 20.4. The van der Waals surface area contributed by atoms with Crippen LogP contribution in [-0.4, -0.2) is 33.4 Å². The number of rotatable bonds is 9. The summed E-state index contributed by atoms with van der Waals surface area (Å²) >= 11 is 0. The van der Waals surface area contributed by atoms with Crippen molar-refractivity contribution >= 4 is 27.5 Å². The summed E-state index contributed by atoms with van der Waals surface area (Å²) in [5, 5.41) is 0. The summed E-state index contributed by atoms with van der Waals surface area (Å²) < 4.78 is 38.3. The van der Waals surface area contributed by atoms with Crippen molar-refractivity contribution in [3.05, 3.63) is 90.0 Å². The lowest BCUT2D eigenvalue weighted by atomic mass is 10.1. The van der Waals surface area contributed by atoms with Crippen molar-refractivity contribution < 1.29 is 27.5 Å². The maximum absolute atomic E-state index is 12.7. The van der Waals surface area contributed by atoms with Gasteiger partial charge < -0.3 is 9.47 Å². The Balaban J connectivity index is 1.73. The molecule has 0 radical (unpaired) electrons. The van der Waals surface area contributed by atoms with Gasteiger partial charge in [0.1, 0.15) is 5.75 Å². The highest BCUT2D eigenvalue weighted by atomic mass is 32.2. The Morgan fingerprint density at radius 2 is 1.52 bits per heavy atom. The van der Waals surface area contributed by atoms with Gasteiger partial charge in [-0.05, 0) is 43.3 Å². The zero-order valence-corrected chi connectivity index (χ0v) is 17.6. The van der Waals surface area contributed by atoms with Crippen LogP contribution in [0.3, 0.4) is 0 Å². The van der Waals surface area contributed by atoms with Gasteiger partial charge in [-0.25, -0.2) is 13.2 Å². The second-order valence-electron chi connectivity index (χ2n) is 6.42. The van der Waals surface area contributed by atoms with E-state index in [4.69, 9.17) is 9.47 Å². The van der Waals surface area contributed by atoms with Crippen LogP contribution in [0.4, 0.5) is 5.69 Å². The van der Waals surface area contributed by atoms with Crippen LogP contribution < -0.4 is 9.46 Å². The van der Waals surface area contributed by atoms with Gasteiger partial charge in [-0.2, -0.15) is 0 Å². The van der Waals surface area contributed by atoms with Crippen molar-refractivity contribution in [1.29, 1.82) is 0 Å². The van der Waals surface area contributed by atoms with Gasteiger partial charge in [0.15, 0.2) is 12.4 Å². The van der Waals surface area contributed by atoms with E-state index in [-0.39, 0.29) is 21.9 Å². The van der Waals surface area contributed by atoms with Gasteiger partial charge >= 0.3 is 5.97 Å². The molecule has 3 aromatic carbocycles. The molecule has 0 aliphatic heterocycles. The van der Waals surface area contributed by atoms with Crippen LogP contribution in [0.25, 0.3) is 0 Å². The lowest BCUT2D eigenvalue weighted by Gasteiger charge is -2.12. The van der Waals surface area contributed by atoms with Crippen molar-refractivity contribution in [1.82, 2.24) is 0 Å². The minimum atomic E-state index is -3.96. The standard InChI is InChI=1S/C23H21NO6S/c1-2-29-18-12-14-19(15-13-18)31(27,28)24-21-11-7-6-10-20(21)23(26)30-16-22(25)17-8-4-3-5-9-17/h3-15,24H,2,16H2,1H3. The molecule has 0 bridgehead atoms. The number of anilines is 1. The number of esters is 1. The fourth-order valence-electron chi connectivity index (χ4n) is 2.75. The normalized spacial score (nSPS) is 10.9. The fraction of sp³-hybridized carbons (Fsp3) is 0.130. The van der Waals surface area contributed by atoms with E-state index >= 15 is 0 Å². The Morgan fingerprint density at radius 1 is 0.871 bits per heavy atom. The smallest absolute Gasteiger partial charge is 0.340 e. The van der Waals surface area contributed by atoms with E-state index < -0.39 is 22.6 Å². The molecule has 1 N–H and O–H groups in total. The highest BCUT2D eigenvalue weighted by Crippen LogP contribution is 2.22. The Morgan fingerprint density at radius 3 is 2.19 bits per heavy atom. The molecule has 8 heteroatoms. The summed E-state index contributed by atoms with van der Waals surface area (Å²) in [5.41, 5.74) is 0.464. The van der Waals surface area contributed by atoms with Gasteiger partial charge in [-0.3, -0.25) is 9.52 Å². The number of hydrogen-bond donors (Lipinski definition) is 1. The molecule has 0 unspecified atom stereocenters. The number of Topliss-reactive ketones (excluding diaryl/α,β-unsaturated/α-hetero) is 1. The van der Waals surface area contributed by atoms with Crippen molar-refractivity contribution in [2.24, 2.45) is 0 Å². The predicted molar refractivity (Wildman–Crippen MR) is 116 cm³/mol. The number of carbonyl (C=O) groups excluding carboxylic acids is 2. The Hall–Kier alpha value is -3.65. The van der Waals surface area contributed by atoms with Crippen LogP contribution in [0.1, 0.15) is 27.6 Å². The topological polar surface area (TPSA) is 98.8 Å². The van der Waals surface area contributed by atoms with Gasteiger partial charge in [-0.15, -0.1) is 0 Å². The summed E-state index contributed by atoms with van der Waals surface area (Å²) in [5.74, 6) is -0.621. The van der Waals surface area contributed by atoms with Gasteiger partial charge in [0.2, 0.25) is 0 Å². The van der Waals surface area contributed by atoms with Crippen LogP contribution >= 0.6 is 0 Å². The van der Waals surface area contributed by atoms with Gasteiger partial charge in [0.25, 0.3) is 10.0 Å². The molecular formula is C23H21NO6S. The Bertz CT molecular complexity index is 1160. The van der Waals surface area contributed by atoms with Crippen LogP contribution in [0.5, 0.6) is 5.75 Å². The van der Waals surface area contributed by atoms with Gasteiger partial charge in [0.05, 0.1) is 22.8 Å². The van der Waals surface area contributed by atoms with Crippen LogP contribution in [0.2, 0.25) is 0 Å². The quantitative estimate of drug-likeness (QED) is 0.401. The molecule has 0 aromatic heterocycles. The molecule has 3 rings (SSSR count). The number of ether oxygens (including phenoxy) is 2. The highest BCUT2D eigenvalue weighted by molar-refractivity contribution is 7.92. The number of benzene rings is 3. The van der Waals surface area contributed by atoms with E-state index in [1.807, 2.05) is 6.92 Å². The third kappa shape index (κ3) is 5.70. The Labute approximate surface area is 180 Å². The Kier molecular flexibility index (Phi) is 7.04. The van der Waals surface area contributed by atoms with Gasteiger partial charge in [0, 0.05) is 5.56 Å². The lowest BCUT2D eigenvalue weighted by Crippen LogP contribution is -2.18. The zero-order chi connectivity index (χ0) is 22.3. The van der Waals surface area contributed by atoms with Crippen LogP contribution in [0, 0.1) is 0 Å². The van der Waals surface area contributed by atoms with Gasteiger partial charge in [-0.1, -0.05) is 42.5 Å². The molecule has 0 saturated heterocycles. The van der Waals surface area contributed by atoms with Crippen LogP contribution in [-0.2, 0) is 14.8 Å². The largest absolute Gasteiger partial charge is 0.494 e. The molecule has 160 valence electrons. The van der Waals surface area contributed by atoms with E-state index in [0.29, 0.717) is 17.9 Å². The van der Waals surface area contributed by atoms with Crippen molar-refractivity contribution in [2.45, 2.75) is 11.8 Å². The SMILES string of the molecule is CCOc1ccc(S(=O)(=O)Nc2ccccc2C(=O)OCC(=O)c2ccccc2)cc1. The first kappa shape index (κ1) is 22.0. The first-order chi connectivity index (χ1) is 14.9. The number of para-hydroxylation sites is 1. The number of ketones is 1. The maximum Gasteiger partial charge on any atom is 0.340 e. The highest BCUT2D eigenvalue weighted by Gasteiger charge is 2.20. The van der Waals surface area contributed by atoms with Crippen molar-refractivity contribution in [3.8, 4) is 5.75 Å². The average Bonchev–Trinajstić information content (AvgIpc) is 2.78. The fourth-order valence-corrected chi connectivity index (χ4v) is 3.83. The second kappa shape index (κ2) is 9.90. The molecular weight excluding hydrogens is 418 g/mol. The molecule has 0 atom stereocenters. The summed E-state index contributed by atoms with van der Waals surface area (Å²) in [7, 11) is -3.96. The third-order valence-corrected chi connectivity index (χ3v) is 5.65. The second-order valence-corrected chi connectivity index (χ2v) is 8.10. The molecule has 3 aromatic rings. The summed E-state index contributed by atoms with van der Waals surface area (Å²) in [6.07, 6.45) is 0. The third-order valence-electron chi connectivity index (χ3n) is 4.27. The zero-order valence-electron chi connectivity index (χ0n) is 16.8. The van der Waals surface area contributed by atoms with Crippen LogP contribution in [0.15, 0.2) is 83.8 Å². The van der Waals surface area contributed by atoms with E-state index in [1.165, 1.54) is 24.3 Å². The number of sulfonamides is 1. The first-order valence-electron chi connectivity index (χ1n) is 9.51. The number of carbonyl (C=O) groups is 2. The van der Waals surface area contributed by atoms with E-state index in [9.17, 15) is 18.0 Å². The van der Waals surface area contributed by atoms with E-state index in [2.05, 4.69) is 4.72 Å². The molecule has 7 nitrogen and oxygen atoms in total. The van der Waals surface area contributed by atoms with E-state index in [1.54, 1.807) is 54.6 Å². The summed E-state index contributed by atoms with van der Waals surface area (Å²) in [6.45, 7) is 1.84. The minimum Gasteiger partial charge on any atom is -0.494 e. The molecule has 0 amide bonds. The summed E-state index contributed by atoms with van der Waals surface area (Å²) in [4.78, 5) is 24.7. The number of hydrogen-bond acceptors (Lipinski definition) is 6. The molecule has 31 heavy (non-hydrogen) atoms. The monoisotopic (exact) mass is 439 g/mol. The van der Waals surface area contributed by atoms with E-state index in [0.717, 1.165) is 0 Å². The molecule has 0 aliphatic carbocycles. The van der Waals surface area contributed by atoms with Crippen molar-refractivity contribution in [3.63, 3.8) is 0 Å². The minimum absolute atomic E-state index is 0.00197. The molecule has 0 aliphatic rings. The lowest BCUT2D eigenvalue weighted by molar-refractivity contribution is 0.0476. The maximum atomic E-state index is 12.7. The molecule has 0 heterocycles. The molecule has 0 fully saturated rings. The molecule has 0 saturated carbocycles. The predicted octanol–water partition coefficient (Wildman–Crippen LogP) is 3.93. The molecule has 0 spiro atoms. The first-order valence-corrected chi connectivity index (χ1v) is 11.0. The van der Waals surface area contributed by atoms with Crippen molar-refractivity contribution in [2.75, 3.05) is 17.9 Å².